The minimum atomic E-state index is -7.55. The lowest BCUT2D eigenvalue weighted by Crippen LogP contribution is -2.63. The molecular weight excluding hydrogens is 793 g/mol. The van der Waals surface area contributed by atoms with Crippen molar-refractivity contribution in [2.45, 2.75) is 44.4 Å². The van der Waals surface area contributed by atoms with Crippen molar-refractivity contribution < 1.29 is 61.8 Å². The molecule has 0 amide bonds. The molecule has 0 fully saturated rings. The van der Waals surface area contributed by atoms with Crippen LogP contribution in [0.15, 0.2) is 123 Å². The number of Topliss-reactive ketones (excluding diaryl/α,β-unsaturated/α-hetero) is 1. The number of carbonyl (C=O) groups excluding carboxylic acids is 2. The predicted octanol–water partition coefficient (Wildman–Crippen LogP) is 10.2. The number of thioether (sulfide) groups is 1. The Labute approximate surface area is 303 Å². The maximum absolute atomic E-state index is 14.2. The van der Waals surface area contributed by atoms with E-state index in [1.165, 1.54) is 48.2 Å². The number of benzene rings is 4. The van der Waals surface area contributed by atoms with Crippen LogP contribution in [0.5, 0.6) is 0 Å². The van der Waals surface area contributed by atoms with Gasteiger partial charge < -0.3 is 0 Å². The van der Waals surface area contributed by atoms with Crippen molar-refractivity contribution in [2.24, 2.45) is 5.16 Å². The zero-order valence-electron chi connectivity index (χ0n) is 25.7. The highest BCUT2D eigenvalue weighted by Gasteiger charge is 2.86. The molecule has 0 heterocycles. The molecule has 0 atom stereocenters. The van der Waals surface area contributed by atoms with Crippen LogP contribution in [-0.4, -0.2) is 54.7 Å². The molecule has 0 unspecified atom stereocenters. The Morgan fingerprint density at radius 1 is 0.654 bits per heavy atom. The van der Waals surface area contributed by atoms with Gasteiger partial charge in [0.05, 0.1) is 0 Å². The van der Waals surface area contributed by atoms with Gasteiger partial charge in [0.15, 0.2) is 5.78 Å². The second-order valence-electron chi connectivity index (χ2n) is 10.5. The molecule has 0 aliphatic rings. The van der Waals surface area contributed by atoms with Crippen molar-refractivity contribution >= 4 is 62.5 Å². The molecule has 4 aromatic rings. The number of oxime groups is 1. The van der Waals surface area contributed by atoms with Gasteiger partial charge in [0.1, 0.15) is 5.71 Å². The average molecular weight is 814 g/mol. The predicted molar refractivity (Wildman–Crippen MR) is 176 cm³/mol. The minimum absolute atomic E-state index is 0.148. The number of ketones is 2. The summed E-state index contributed by atoms with van der Waals surface area (Å²) in [4.78, 5) is 27.7. The summed E-state index contributed by atoms with van der Waals surface area (Å²) >= 11 is 8.04. The normalized spacial score (nSPS) is 13.2. The quantitative estimate of drug-likeness (QED) is 0.0388. The van der Waals surface area contributed by atoms with Crippen molar-refractivity contribution in [1.82, 2.24) is 0 Å². The molecule has 0 N–H and O–H groups in total. The molecule has 0 aliphatic heterocycles. The Kier molecular flexibility index (Phi) is 12.5. The van der Waals surface area contributed by atoms with E-state index in [0.717, 1.165) is 11.8 Å². The molecule has 0 saturated heterocycles. The molecule has 52 heavy (non-hydrogen) atoms. The van der Waals surface area contributed by atoms with Gasteiger partial charge in [0, 0.05) is 48.6 Å². The molecule has 6 nitrogen and oxygen atoms in total. The zero-order valence-corrected chi connectivity index (χ0v) is 28.9. The first kappa shape index (κ1) is 40.8. The van der Waals surface area contributed by atoms with Crippen LogP contribution < -0.4 is 0 Å². The summed E-state index contributed by atoms with van der Waals surface area (Å²) in [6.45, 7) is 0. The van der Waals surface area contributed by atoms with Crippen molar-refractivity contribution in [2.75, 3.05) is 5.75 Å². The maximum atomic E-state index is 14.2. The van der Waals surface area contributed by atoms with Gasteiger partial charge >= 0.3 is 33.4 Å². The number of nitrogens with zero attached hydrogens (tertiary/aromatic N) is 1. The molecule has 4 aromatic carbocycles. The monoisotopic (exact) mass is 813 g/mol. The molecule has 0 saturated carbocycles. The van der Waals surface area contributed by atoms with E-state index in [4.69, 9.17) is 11.6 Å². The van der Waals surface area contributed by atoms with Gasteiger partial charge in [-0.1, -0.05) is 58.9 Å². The molecule has 0 radical (unpaired) electrons. The first-order chi connectivity index (χ1) is 24.2. The lowest BCUT2D eigenvalue weighted by Gasteiger charge is -2.31. The fourth-order valence-electron chi connectivity index (χ4n) is 4.06. The van der Waals surface area contributed by atoms with Gasteiger partial charge in [0.25, 0.3) is 0 Å². The standard InChI is InChI=1S/C33H21ClF9NO5S3/c34-23-10-16-24(17-11-23)50-19-18-27(44-49-52(47,48)33(42,43)31(37,38)30(35,36)32(39,40)41)29(46)22-8-14-26(15-9-22)51-25-12-6-21(7-13-25)28(45)20-4-2-1-3-5-20/h1-17H,18-19H2/b44-27+. The number of hydrogen-bond donors (Lipinski definition) is 0. The third-order valence-electron chi connectivity index (χ3n) is 6.86. The highest BCUT2D eigenvalue weighted by Crippen LogP contribution is 2.55. The van der Waals surface area contributed by atoms with Crippen molar-refractivity contribution in [3.63, 3.8) is 0 Å². The SMILES string of the molecule is O=C(/C(CCSc1ccc(Cl)cc1)=N/OS(=O)(=O)C(F)(F)C(F)(F)C(F)(F)C(F)(F)F)c1ccc(Sc2ccc(C(=O)c3ccccc3)cc2)cc1. The minimum Gasteiger partial charge on any atom is -0.289 e. The zero-order chi connectivity index (χ0) is 38.5. The van der Waals surface area contributed by atoms with E-state index < -0.39 is 51.3 Å². The van der Waals surface area contributed by atoms with Crippen LogP contribution in [0.4, 0.5) is 39.5 Å². The summed E-state index contributed by atoms with van der Waals surface area (Å²) in [5.74, 6) is -16.6. The summed E-state index contributed by atoms with van der Waals surface area (Å²) in [5.41, 5.74) is -0.305. The molecule has 0 spiro atoms. The van der Waals surface area contributed by atoms with Crippen molar-refractivity contribution in [1.29, 1.82) is 0 Å². The van der Waals surface area contributed by atoms with E-state index in [2.05, 4.69) is 9.44 Å². The Bertz CT molecular complexity index is 2030. The third kappa shape index (κ3) is 8.95. The first-order valence-corrected chi connectivity index (χ1v) is 17.9. The van der Waals surface area contributed by atoms with Crippen LogP contribution in [0.1, 0.15) is 32.7 Å². The van der Waals surface area contributed by atoms with Gasteiger partial charge in [0.2, 0.25) is 5.78 Å². The summed E-state index contributed by atoms with van der Waals surface area (Å²) in [6.07, 6.45) is -7.87. The third-order valence-corrected chi connectivity index (χ3v) is 10.3. The van der Waals surface area contributed by atoms with Gasteiger partial charge in [-0.05, 0) is 72.8 Å². The lowest BCUT2D eigenvalue weighted by atomic mass is 10.0. The number of hydrogen-bond acceptors (Lipinski definition) is 8. The second kappa shape index (κ2) is 15.9. The molecule has 0 aromatic heterocycles. The highest BCUT2D eigenvalue weighted by molar-refractivity contribution is 7.99. The first-order valence-electron chi connectivity index (χ1n) is 14.3. The number of halogens is 10. The van der Waals surface area contributed by atoms with E-state index in [9.17, 15) is 57.5 Å². The summed E-state index contributed by atoms with van der Waals surface area (Å²) in [5, 5.41) is -4.05. The van der Waals surface area contributed by atoms with Crippen molar-refractivity contribution in [3.8, 4) is 0 Å². The largest absolute Gasteiger partial charge is 0.460 e. The molecule has 4 rings (SSSR count). The Morgan fingerprint density at radius 2 is 1.13 bits per heavy atom. The van der Waals surface area contributed by atoms with E-state index in [1.54, 1.807) is 66.7 Å². The summed E-state index contributed by atoms with van der Waals surface area (Å²) in [7, 11) is -7.37. The van der Waals surface area contributed by atoms with Crippen molar-refractivity contribution in [3.05, 3.63) is 125 Å². The number of carbonyl (C=O) groups is 2. The van der Waals surface area contributed by atoms with Crippen LogP contribution >= 0.6 is 35.1 Å². The van der Waals surface area contributed by atoms with Crippen LogP contribution in [0.3, 0.4) is 0 Å². The summed E-state index contributed by atoms with van der Waals surface area (Å²) in [6, 6.07) is 26.5. The topological polar surface area (TPSA) is 89.9 Å². The van der Waals surface area contributed by atoms with E-state index >= 15 is 0 Å². The van der Waals surface area contributed by atoms with Gasteiger partial charge in [-0.25, -0.2) is 0 Å². The Hall–Kier alpha value is -4.00. The average Bonchev–Trinajstić information content (AvgIpc) is 3.10. The Morgan fingerprint density at radius 3 is 1.65 bits per heavy atom. The number of alkyl halides is 9. The van der Waals surface area contributed by atoms with E-state index in [1.807, 2.05) is 0 Å². The number of rotatable bonds is 15. The Balaban J connectivity index is 1.55. The molecule has 0 bridgehead atoms. The molecular formula is C33H21ClF9NO5S3. The molecule has 0 aliphatic carbocycles. The van der Waals surface area contributed by atoms with Crippen LogP contribution in [0.2, 0.25) is 5.02 Å². The fourth-order valence-corrected chi connectivity index (χ4v) is 6.59. The highest BCUT2D eigenvalue weighted by atomic mass is 35.5. The molecule has 276 valence electrons. The summed E-state index contributed by atoms with van der Waals surface area (Å²) < 4.78 is 148. The lowest BCUT2D eigenvalue weighted by molar-refractivity contribution is -0.382. The smallest absolute Gasteiger partial charge is 0.289 e. The van der Waals surface area contributed by atoms with Gasteiger partial charge in [-0.2, -0.15) is 47.9 Å². The van der Waals surface area contributed by atoms with Gasteiger partial charge in [-0.3, -0.25) is 13.9 Å². The van der Waals surface area contributed by atoms with E-state index in [-0.39, 0.29) is 17.1 Å². The van der Waals surface area contributed by atoms with E-state index in [0.29, 0.717) is 30.8 Å². The molecule has 19 heteroatoms. The van der Waals surface area contributed by atoms with Crippen LogP contribution in [0.25, 0.3) is 0 Å². The maximum Gasteiger partial charge on any atom is 0.460 e. The fraction of sp³-hybridized carbons (Fsp3) is 0.182. The second-order valence-corrected chi connectivity index (χ2v) is 14.8. The van der Waals surface area contributed by atoms with Crippen LogP contribution in [0, 0.1) is 0 Å². The van der Waals surface area contributed by atoms with Crippen LogP contribution in [-0.2, 0) is 14.4 Å². The van der Waals surface area contributed by atoms with Gasteiger partial charge in [-0.15, -0.1) is 11.8 Å².